The summed E-state index contributed by atoms with van der Waals surface area (Å²) in [5.74, 6) is 1.16. The average Bonchev–Trinajstić information content (AvgIpc) is 2.90. The van der Waals surface area contributed by atoms with Gasteiger partial charge in [-0.3, -0.25) is 14.4 Å². The van der Waals surface area contributed by atoms with E-state index < -0.39 is 22.5 Å². The maximum absolute atomic E-state index is 12.2. The van der Waals surface area contributed by atoms with Crippen molar-refractivity contribution in [1.82, 2.24) is 0 Å². The normalized spacial score (nSPS) is 13.6. The van der Waals surface area contributed by atoms with Gasteiger partial charge in [-0.25, -0.2) is 8.42 Å². The van der Waals surface area contributed by atoms with Crippen LogP contribution in [0, 0.1) is 0 Å². The van der Waals surface area contributed by atoms with Crippen LogP contribution in [0.4, 0.5) is 4.53 Å². The maximum atomic E-state index is 12.2. The Kier molecular flexibility index (Phi) is 24.7. The van der Waals surface area contributed by atoms with Crippen molar-refractivity contribution < 1.29 is 87.9 Å². The standard InChI is InChI=1S/C21H28O5S.C6H11FN2O2P.C2H6.K/c1-14(2)25-20(12-16(5)18(7)22)13-17(6)26-19-8-10-21(11-9-19)27(23,24)15(3)4;1-4-9-5-6(8-2)12(3,10)11-7;1-2;/h8-15H,6H2,1-5,7H3;4-5H,1-3H3;1-2H3;/q;-1;;+1/b16-12+,20-13+;6-5+,9-4?;;. The van der Waals surface area contributed by atoms with Gasteiger partial charge in [0.2, 0.25) is 7.37 Å². The molecule has 9 nitrogen and oxygen atoms in total. The first-order valence-electron chi connectivity index (χ1n) is 13.0. The van der Waals surface area contributed by atoms with E-state index in [1.807, 2.05) is 27.7 Å². The van der Waals surface area contributed by atoms with Crippen molar-refractivity contribution in [3.8, 4) is 5.75 Å². The van der Waals surface area contributed by atoms with Gasteiger partial charge in [-0.2, -0.15) is 0 Å². The van der Waals surface area contributed by atoms with E-state index in [1.165, 1.54) is 38.5 Å². The summed E-state index contributed by atoms with van der Waals surface area (Å²) in [5.41, 5.74) is 0.570. The van der Waals surface area contributed by atoms with Crippen LogP contribution in [-0.2, 0) is 28.7 Å². The van der Waals surface area contributed by atoms with Gasteiger partial charge in [-0.1, -0.05) is 25.9 Å². The van der Waals surface area contributed by atoms with Crippen LogP contribution in [0.1, 0.15) is 62.3 Å². The molecule has 0 fully saturated rings. The molecule has 0 aliphatic heterocycles. The molecule has 1 aromatic carbocycles. The molecule has 1 unspecified atom stereocenters. The summed E-state index contributed by atoms with van der Waals surface area (Å²) in [6.45, 7) is 20.9. The molecule has 0 N–H and O–H groups in total. The zero-order valence-corrected chi connectivity index (χ0v) is 31.8. The third-order valence-corrected chi connectivity index (χ3v) is 8.31. The molecule has 42 heavy (non-hydrogen) atoms. The van der Waals surface area contributed by atoms with E-state index in [2.05, 4.69) is 21.6 Å². The quantitative estimate of drug-likeness (QED) is 0.0704. The molecule has 232 valence electrons. The van der Waals surface area contributed by atoms with E-state index in [-0.39, 0.29) is 73.6 Å². The molecule has 1 atom stereocenters. The Hall–Kier alpha value is -1.37. The Morgan fingerprint density at radius 3 is 2.00 bits per heavy atom. The number of carbonyl (C=O) groups is 1. The number of ether oxygens (including phenoxy) is 2. The summed E-state index contributed by atoms with van der Waals surface area (Å²) in [4.78, 5) is 15.4. The Morgan fingerprint density at radius 2 is 1.62 bits per heavy atom. The third kappa shape index (κ3) is 17.7. The van der Waals surface area contributed by atoms with Crippen molar-refractivity contribution in [2.24, 2.45) is 4.99 Å². The van der Waals surface area contributed by atoms with Gasteiger partial charge in [0.1, 0.15) is 17.3 Å². The van der Waals surface area contributed by atoms with Crippen molar-refractivity contribution in [2.45, 2.75) is 78.6 Å². The first-order chi connectivity index (χ1) is 19.0. The van der Waals surface area contributed by atoms with Gasteiger partial charge in [0.05, 0.1) is 16.2 Å². The van der Waals surface area contributed by atoms with Crippen LogP contribution in [-0.4, -0.2) is 45.5 Å². The maximum Gasteiger partial charge on any atom is 1.00 e. The fourth-order valence-electron chi connectivity index (χ4n) is 2.53. The molecule has 1 aromatic rings. The van der Waals surface area contributed by atoms with Gasteiger partial charge in [-0.05, 0) is 88.9 Å². The summed E-state index contributed by atoms with van der Waals surface area (Å²) in [6.07, 6.45) is 5.82. The molecular formula is C29H45FKN2O7PS. The monoisotopic (exact) mass is 654 g/mol. The first-order valence-corrected chi connectivity index (χ1v) is 16.6. The van der Waals surface area contributed by atoms with E-state index in [0.29, 0.717) is 22.8 Å². The molecule has 0 aliphatic carbocycles. The van der Waals surface area contributed by atoms with E-state index in [9.17, 15) is 22.3 Å². The summed E-state index contributed by atoms with van der Waals surface area (Å²) in [7, 11) is -5.33. The molecule has 13 heteroatoms. The number of rotatable bonds is 13. The summed E-state index contributed by atoms with van der Waals surface area (Å²) >= 11 is 0. The zero-order chi connectivity index (χ0) is 32.4. The number of hydrogen-bond acceptors (Lipinski definition) is 8. The molecule has 0 saturated heterocycles. The molecule has 0 aliphatic rings. The van der Waals surface area contributed by atoms with Crippen LogP contribution in [0.5, 0.6) is 5.75 Å². The Morgan fingerprint density at radius 1 is 1.10 bits per heavy atom. The molecule has 0 bridgehead atoms. The van der Waals surface area contributed by atoms with Crippen LogP contribution in [0.15, 0.2) is 81.6 Å². The van der Waals surface area contributed by atoms with E-state index in [1.54, 1.807) is 52.0 Å². The minimum Gasteiger partial charge on any atom is -0.681 e. The second-order valence-electron chi connectivity index (χ2n) is 8.76. The molecule has 0 heterocycles. The van der Waals surface area contributed by atoms with Gasteiger partial charge in [0.15, 0.2) is 15.6 Å². The average molecular weight is 655 g/mol. The van der Waals surface area contributed by atoms with Crippen LogP contribution >= 0.6 is 7.37 Å². The zero-order valence-electron chi connectivity index (χ0n) is 27.0. The van der Waals surface area contributed by atoms with Gasteiger partial charge in [0.25, 0.3) is 0 Å². The van der Waals surface area contributed by atoms with Crippen molar-refractivity contribution in [1.29, 1.82) is 0 Å². The molecule has 0 amide bonds. The van der Waals surface area contributed by atoms with Crippen molar-refractivity contribution in [2.75, 3.05) is 13.7 Å². The topological polar surface area (TPSA) is 122 Å². The van der Waals surface area contributed by atoms with Gasteiger partial charge in [-0.15, -0.1) is 11.8 Å². The fraction of sp³-hybridized carbons (Fsp3) is 0.448. The SMILES string of the molecule is C=C(/C=C(\C=C(/C)C(C)=O)OC(C)C)Oc1ccc(S(=O)(=O)C(C)C)cc1.CC.CC=N/C=C(\[N-]C)P(C)(=O)OF.[K+]. The van der Waals surface area contributed by atoms with Gasteiger partial charge < -0.3 is 14.8 Å². The number of hydrogen-bond donors (Lipinski definition) is 0. The molecule has 0 radical (unpaired) electrons. The predicted molar refractivity (Wildman–Crippen MR) is 166 cm³/mol. The van der Waals surface area contributed by atoms with Crippen LogP contribution < -0.4 is 56.1 Å². The molecule has 0 spiro atoms. The predicted octanol–water partition coefficient (Wildman–Crippen LogP) is 5.32. The molecule has 0 aromatic heterocycles. The number of sulfone groups is 1. The third-order valence-electron chi connectivity index (χ3n) is 4.73. The summed E-state index contributed by atoms with van der Waals surface area (Å²) < 4.78 is 61.8. The van der Waals surface area contributed by atoms with Crippen LogP contribution in [0.2, 0.25) is 0 Å². The van der Waals surface area contributed by atoms with Crippen LogP contribution in [0.3, 0.4) is 0 Å². The Labute approximate surface area is 294 Å². The van der Waals surface area contributed by atoms with E-state index in [0.717, 1.165) is 6.66 Å². The smallest absolute Gasteiger partial charge is 0.681 e. The fourth-order valence-corrected chi connectivity index (χ4v) is 4.30. The minimum atomic E-state index is -3.40. The number of halogens is 1. The number of benzene rings is 1. The molecule has 1 rings (SSSR count). The Balaban J connectivity index is -0.000000855. The molecular weight excluding hydrogens is 609 g/mol. The van der Waals surface area contributed by atoms with Crippen molar-refractivity contribution >= 4 is 29.2 Å². The summed E-state index contributed by atoms with van der Waals surface area (Å²) in [6, 6.07) is 6.17. The van der Waals surface area contributed by atoms with E-state index in [4.69, 9.17) is 9.47 Å². The van der Waals surface area contributed by atoms with Crippen LogP contribution in [0.25, 0.3) is 5.32 Å². The van der Waals surface area contributed by atoms with E-state index >= 15 is 0 Å². The van der Waals surface area contributed by atoms with Gasteiger partial charge >= 0.3 is 51.4 Å². The summed E-state index contributed by atoms with van der Waals surface area (Å²) in [5, 5.41) is 3.10. The van der Waals surface area contributed by atoms with Crippen molar-refractivity contribution in [3.05, 3.63) is 77.0 Å². The number of nitrogens with zero attached hydrogens (tertiary/aromatic N) is 2. The van der Waals surface area contributed by atoms with Crippen molar-refractivity contribution in [3.63, 3.8) is 0 Å². The van der Waals surface area contributed by atoms with Gasteiger partial charge in [0, 0.05) is 25.2 Å². The number of carbonyl (C=O) groups excluding carboxylic acids is 1. The second-order valence-corrected chi connectivity index (χ2v) is 13.6. The number of Topliss-reactive ketones (excluding diaryl/α,β-unsaturated/α-hetero) is 1. The number of aliphatic imine (C=N–C) groups is 1. The Bertz CT molecular complexity index is 1260. The largest absolute Gasteiger partial charge is 1.00 e. The minimum absolute atomic E-state index is 0. The number of allylic oxidation sites excluding steroid dienone is 3. The second kappa shape index (κ2) is 23.1. The first kappa shape index (κ1) is 45.1. The number of ketones is 1. The molecule has 0 saturated carbocycles.